The van der Waals surface area contributed by atoms with Crippen LogP contribution in [0.4, 0.5) is 0 Å². The minimum Gasteiger partial charge on any atom is -0.504 e. The van der Waals surface area contributed by atoms with Gasteiger partial charge >= 0.3 is 0 Å². The number of hydrogen-bond acceptors (Lipinski definition) is 7. The predicted molar refractivity (Wildman–Crippen MR) is 159 cm³/mol. The summed E-state index contributed by atoms with van der Waals surface area (Å²) < 4.78 is 10.8. The Labute approximate surface area is 239 Å². The molecule has 6 N–H and O–H groups in total. The molecule has 2 aliphatic rings. The van der Waals surface area contributed by atoms with Crippen LogP contribution in [0.5, 0.6) is 11.5 Å². The number of aromatic hydroxyl groups is 1. The van der Waals surface area contributed by atoms with Gasteiger partial charge in [-0.2, -0.15) is 0 Å². The zero-order valence-electron chi connectivity index (χ0n) is 24.4. The lowest BCUT2D eigenvalue weighted by atomic mass is 9.86. The fourth-order valence-corrected chi connectivity index (χ4v) is 5.14. The first-order chi connectivity index (χ1) is 19.3. The molecule has 0 saturated carbocycles. The summed E-state index contributed by atoms with van der Waals surface area (Å²) in [6.07, 6.45) is 13.6. The van der Waals surface area contributed by atoms with Crippen molar-refractivity contribution in [1.82, 2.24) is 5.32 Å². The number of nitrogens with one attached hydrogen (secondary N) is 1. The van der Waals surface area contributed by atoms with Gasteiger partial charge in [0.1, 0.15) is 30.9 Å². The molecule has 2 heterocycles. The zero-order chi connectivity index (χ0) is 28.9. The summed E-state index contributed by atoms with van der Waals surface area (Å²) in [7, 11) is 0. The maximum atomic E-state index is 10.3. The Morgan fingerprint density at radius 3 is 2.75 bits per heavy atom. The minimum atomic E-state index is -0.431. The molecule has 8 heteroatoms. The van der Waals surface area contributed by atoms with Gasteiger partial charge < -0.3 is 35.2 Å². The third-order valence-electron chi connectivity index (χ3n) is 7.62. The molecule has 4 unspecified atom stereocenters. The summed E-state index contributed by atoms with van der Waals surface area (Å²) >= 11 is 0. The maximum Gasteiger partial charge on any atom is 0.178 e. The first-order valence-corrected chi connectivity index (χ1v) is 14.8. The molecule has 4 atom stereocenters. The lowest BCUT2D eigenvalue weighted by molar-refractivity contribution is -0.0550. The highest BCUT2D eigenvalue weighted by Crippen LogP contribution is 2.32. The van der Waals surface area contributed by atoms with Crippen LogP contribution in [0.3, 0.4) is 0 Å². The average molecular weight is 558 g/mol. The number of aliphatic imine (C=N–C) groups is 1. The van der Waals surface area contributed by atoms with E-state index in [2.05, 4.69) is 30.2 Å². The van der Waals surface area contributed by atoms with Crippen LogP contribution >= 0.6 is 0 Å². The first-order valence-electron chi connectivity index (χ1n) is 14.8. The van der Waals surface area contributed by atoms with Crippen molar-refractivity contribution < 1.29 is 29.9 Å². The third-order valence-corrected chi connectivity index (χ3v) is 7.62. The van der Waals surface area contributed by atoms with E-state index < -0.39 is 6.10 Å². The van der Waals surface area contributed by atoms with E-state index in [1.165, 1.54) is 0 Å². The molecule has 1 aromatic rings. The number of phenolic OH excluding ortho intramolecular Hbond substituents is 1. The van der Waals surface area contributed by atoms with E-state index in [1.54, 1.807) is 13.0 Å². The van der Waals surface area contributed by atoms with Crippen LogP contribution in [0.2, 0.25) is 0 Å². The molecule has 2 aliphatic heterocycles. The zero-order valence-corrected chi connectivity index (χ0v) is 24.4. The van der Waals surface area contributed by atoms with Crippen LogP contribution < -0.4 is 10.1 Å². The molecule has 0 amide bonds. The normalized spacial score (nSPS) is 19.1. The van der Waals surface area contributed by atoms with E-state index in [0.717, 1.165) is 67.4 Å². The summed E-state index contributed by atoms with van der Waals surface area (Å²) in [6.45, 7) is 7.16. The van der Waals surface area contributed by atoms with Crippen molar-refractivity contribution in [2.24, 2.45) is 10.9 Å². The number of aliphatic hydroxyl groups excluding tert-OH is 3. The molecule has 40 heavy (non-hydrogen) atoms. The quantitative estimate of drug-likeness (QED) is 0.130. The Morgan fingerprint density at radius 2 is 2.02 bits per heavy atom. The van der Waals surface area contributed by atoms with Crippen molar-refractivity contribution in [1.29, 1.82) is 0 Å². The third kappa shape index (κ3) is 9.85. The molecule has 0 saturated heterocycles. The second-order valence-corrected chi connectivity index (χ2v) is 11.0. The van der Waals surface area contributed by atoms with E-state index in [9.17, 15) is 20.4 Å². The van der Waals surface area contributed by atoms with Gasteiger partial charge in [-0.1, -0.05) is 19.4 Å². The first kappa shape index (κ1) is 32.0. The molecular weight excluding hydrogens is 508 g/mol. The van der Waals surface area contributed by atoms with Crippen molar-refractivity contribution in [3.63, 3.8) is 0 Å². The van der Waals surface area contributed by atoms with Crippen molar-refractivity contribution in [3.05, 3.63) is 59.2 Å². The SMILES string of the molecule is CCCCC1[OH+][C-](CCc2ccc(O)c(OCCC3=C[C+](C(C)C(CCCO)NCC(C)O)C=N3)c2)C=C1CO. The number of aliphatic hydroxyl groups is 5. The van der Waals surface area contributed by atoms with Gasteiger partial charge in [-0.15, -0.1) is 16.6 Å². The second kappa shape index (κ2) is 16.7. The van der Waals surface area contributed by atoms with Crippen LogP contribution in [0, 0.1) is 17.9 Å². The smallest absolute Gasteiger partial charge is 0.178 e. The molecule has 0 spiro atoms. The Kier molecular flexibility index (Phi) is 13.4. The van der Waals surface area contributed by atoms with Crippen LogP contribution in [-0.2, 0) is 6.42 Å². The second-order valence-electron chi connectivity index (χ2n) is 11.0. The summed E-state index contributed by atoms with van der Waals surface area (Å²) in [6, 6.07) is 5.61. The number of phenols is 1. The standard InChI is InChI=1S/C32H48N2O6/c1-4-5-8-31-26(21-36)18-28(40-31)11-9-24-10-12-30(38)32(16-24)39-15-13-27-17-25(20-33-27)23(3)29(7-6-14-35)34-19-22(2)37/h10,12,16-18,20,22-23,29,31,34-37,40H,4-9,11,13-15,19,21H2,1-3H3/p+1. The fraction of sp³-hybridized carbons (Fsp3) is 0.594. The molecule has 0 fully saturated rings. The van der Waals surface area contributed by atoms with Gasteiger partial charge in [0.2, 0.25) is 0 Å². The van der Waals surface area contributed by atoms with Crippen LogP contribution in [0.15, 0.2) is 46.6 Å². The molecule has 0 radical (unpaired) electrons. The van der Waals surface area contributed by atoms with E-state index in [0.29, 0.717) is 31.7 Å². The average Bonchev–Trinajstić information content (AvgIpc) is 3.58. The number of hydrogen-bond donors (Lipinski definition) is 5. The predicted octanol–water partition coefficient (Wildman–Crippen LogP) is 3.94. The Morgan fingerprint density at radius 1 is 1.20 bits per heavy atom. The molecular formula is C32H49N2O6+. The molecule has 8 nitrogen and oxygen atoms in total. The van der Waals surface area contributed by atoms with Gasteiger partial charge in [0.25, 0.3) is 0 Å². The van der Waals surface area contributed by atoms with Crippen molar-refractivity contribution >= 4 is 6.21 Å². The van der Waals surface area contributed by atoms with Crippen LogP contribution in [-0.4, -0.2) is 76.0 Å². The molecule has 0 bridgehead atoms. The molecule has 0 aliphatic carbocycles. The van der Waals surface area contributed by atoms with Crippen molar-refractivity contribution in [2.75, 3.05) is 26.4 Å². The fourth-order valence-electron chi connectivity index (χ4n) is 5.14. The molecule has 222 valence electrons. The molecule has 0 aromatic heterocycles. The number of unbranched alkanes of at least 4 members (excludes halogenated alkanes) is 1. The van der Waals surface area contributed by atoms with Crippen molar-refractivity contribution in [3.8, 4) is 11.5 Å². The maximum absolute atomic E-state index is 10.3. The Bertz CT molecular complexity index is 992. The van der Waals surface area contributed by atoms with Gasteiger partial charge in [-0.05, 0) is 63.6 Å². The van der Waals surface area contributed by atoms with E-state index >= 15 is 0 Å². The topological polar surface area (TPSA) is 127 Å². The van der Waals surface area contributed by atoms with Gasteiger partial charge in [-0.25, -0.2) is 0 Å². The Hall–Kier alpha value is -2.49. The van der Waals surface area contributed by atoms with Gasteiger partial charge in [-0.3, -0.25) is 0 Å². The number of ether oxygens (including phenoxy) is 2. The highest BCUT2D eigenvalue weighted by atomic mass is 16.5. The summed E-state index contributed by atoms with van der Waals surface area (Å²) in [4.78, 5) is 4.57. The highest BCUT2D eigenvalue weighted by molar-refractivity contribution is 5.83. The van der Waals surface area contributed by atoms with Gasteiger partial charge in [0.05, 0.1) is 24.5 Å². The number of aryl methyl sites for hydroxylation is 1. The lowest BCUT2D eigenvalue weighted by Crippen LogP contribution is -2.41. The molecule has 1 aromatic carbocycles. The number of rotatable bonds is 19. The van der Waals surface area contributed by atoms with Gasteiger partial charge in [0.15, 0.2) is 17.2 Å². The van der Waals surface area contributed by atoms with Crippen LogP contribution in [0.1, 0.15) is 71.3 Å². The van der Waals surface area contributed by atoms with E-state index in [-0.39, 0.29) is 37.0 Å². The van der Waals surface area contributed by atoms with Crippen LogP contribution in [0.25, 0.3) is 0 Å². The largest absolute Gasteiger partial charge is 0.504 e. The number of nitrogens with zero attached hydrogens (tertiary/aromatic N) is 1. The lowest BCUT2D eigenvalue weighted by Gasteiger charge is -2.24. The van der Waals surface area contributed by atoms with Gasteiger partial charge in [0, 0.05) is 32.2 Å². The minimum absolute atomic E-state index is 0.0569. The molecule has 3 rings (SSSR count). The monoisotopic (exact) mass is 557 g/mol. The Balaban J connectivity index is 1.48. The number of allylic oxidation sites excluding steroid dienone is 1. The van der Waals surface area contributed by atoms with Crippen molar-refractivity contribution in [2.45, 2.75) is 90.4 Å². The highest BCUT2D eigenvalue weighted by Gasteiger charge is 2.33. The van der Waals surface area contributed by atoms with E-state index in [1.807, 2.05) is 24.4 Å². The summed E-state index contributed by atoms with van der Waals surface area (Å²) in [5.41, 5.74) is 3.00. The summed E-state index contributed by atoms with van der Waals surface area (Å²) in [5, 5.41) is 42.4. The number of benzene rings is 1. The van der Waals surface area contributed by atoms with E-state index in [4.69, 9.17) is 9.47 Å². The summed E-state index contributed by atoms with van der Waals surface area (Å²) in [5.74, 6) is 1.88.